The predicted octanol–water partition coefficient (Wildman–Crippen LogP) is 2.02. The number of ether oxygens (including phenoxy) is 2. The zero-order chi connectivity index (χ0) is 17.6. The van der Waals surface area contributed by atoms with Gasteiger partial charge < -0.3 is 14.8 Å². The first-order valence-corrected chi connectivity index (χ1v) is 9.02. The van der Waals surface area contributed by atoms with E-state index in [4.69, 9.17) is 4.74 Å². The molecule has 2 heterocycles. The number of benzene rings is 1. The van der Waals surface area contributed by atoms with Gasteiger partial charge in [0.2, 0.25) is 5.91 Å². The number of hydrogen-bond donors (Lipinski definition) is 1. The van der Waals surface area contributed by atoms with Gasteiger partial charge in [0.1, 0.15) is 0 Å². The van der Waals surface area contributed by atoms with E-state index in [1.165, 1.54) is 24.0 Å². The number of anilines is 1. The molecule has 7 nitrogen and oxygen atoms in total. The molecule has 1 N–H and O–H groups in total. The van der Waals surface area contributed by atoms with Crippen molar-refractivity contribution >= 4 is 38.6 Å². The molecule has 0 spiro atoms. The first kappa shape index (κ1) is 17.8. The van der Waals surface area contributed by atoms with Crippen LogP contribution in [0.2, 0.25) is 0 Å². The van der Waals surface area contributed by atoms with Gasteiger partial charge in [0.05, 0.1) is 37.0 Å². The molecule has 1 aromatic carbocycles. The van der Waals surface area contributed by atoms with E-state index in [9.17, 15) is 9.59 Å². The summed E-state index contributed by atoms with van der Waals surface area (Å²) in [7, 11) is 1.31. The Morgan fingerprint density at radius 2 is 2.12 bits per heavy atom. The number of thiazole rings is 1. The molecule has 0 saturated carbocycles. The maximum Gasteiger partial charge on any atom is 0.306 e. The quantitative estimate of drug-likeness (QED) is 0.791. The van der Waals surface area contributed by atoms with E-state index >= 15 is 0 Å². The Morgan fingerprint density at radius 1 is 1.32 bits per heavy atom. The average molecular weight is 363 g/mol. The number of fused-ring (bicyclic) bond motifs is 1. The predicted molar refractivity (Wildman–Crippen MR) is 95.6 cm³/mol. The van der Waals surface area contributed by atoms with E-state index in [2.05, 4.69) is 32.1 Å². The summed E-state index contributed by atoms with van der Waals surface area (Å²) in [5, 5.41) is 3.29. The molecule has 0 aliphatic carbocycles. The van der Waals surface area contributed by atoms with Crippen LogP contribution in [0.5, 0.6) is 0 Å². The topological polar surface area (TPSA) is 80.8 Å². The van der Waals surface area contributed by atoms with E-state index in [1.54, 1.807) is 0 Å². The number of hydrogen-bond acceptors (Lipinski definition) is 7. The molecule has 8 heteroatoms. The molecule has 1 aromatic heterocycles. The molecule has 1 aliphatic rings. The number of rotatable bonds is 6. The summed E-state index contributed by atoms with van der Waals surface area (Å²) >= 11 is 1.44. The van der Waals surface area contributed by atoms with Gasteiger partial charge in [0.25, 0.3) is 0 Å². The van der Waals surface area contributed by atoms with Crippen molar-refractivity contribution in [2.45, 2.75) is 19.4 Å². The van der Waals surface area contributed by atoms with E-state index in [1.807, 2.05) is 6.07 Å². The lowest BCUT2D eigenvalue weighted by Crippen LogP contribution is -2.35. The van der Waals surface area contributed by atoms with Crippen LogP contribution in [0.25, 0.3) is 10.2 Å². The second kappa shape index (κ2) is 8.37. The molecule has 0 atom stereocenters. The highest BCUT2D eigenvalue weighted by molar-refractivity contribution is 7.22. The molecule has 25 heavy (non-hydrogen) atoms. The highest BCUT2D eigenvalue weighted by Crippen LogP contribution is 2.27. The van der Waals surface area contributed by atoms with Crippen molar-refractivity contribution in [2.24, 2.45) is 0 Å². The van der Waals surface area contributed by atoms with E-state index < -0.39 is 5.97 Å². The maximum absolute atomic E-state index is 11.9. The molecule has 134 valence electrons. The van der Waals surface area contributed by atoms with Crippen molar-refractivity contribution in [3.05, 3.63) is 23.8 Å². The minimum atomic E-state index is -0.396. The molecule has 1 saturated heterocycles. The molecular weight excluding hydrogens is 342 g/mol. The maximum atomic E-state index is 11.9. The summed E-state index contributed by atoms with van der Waals surface area (Å²) < 4.78 is 10.9. The number of carbonyl (C=O) groups excluding carboxylic acids is 2. The summed E-state index contributed by atoms with van der Waals surface area (Å²) in [4.78, 5) is 29.7. The first-order valence-electron chi connectivity index (χ1n) is 8.20. The fourth-order valence-electron chi connectivity index (χ4n) is 2.64. The van der Waals surface area contributed by atoms with Gasteiger partial charge in [-0.2, -0.15) is 0 Å². The molecule has 0 bridgehead atoms. The summed E-state index contributed by atoms with van der Waals surface area (Å²) in [6, 6.07) is 6.17. The van der Waals surface area contributed by atoms with E-state index in [0.29, 0.717) is 5.13 Å². The Bertz CT molecular complexity index is 755. The summed E-state index contributed by atoms with van der Waals surface area (Å²) in [5.41, 5.74) is 2.08. The SMILES string of the molecule is COC(=O)CCC(=O)Nc1nc2ccc(CN3CCOCC3)cc2s1. The zero-order valence-corrected chi connectivity index (χ0v) is 14.9. The third-order valence-corrected chi connectivity index (χ3v) is 4.93. The van der Waals surface area contributed by atoms with Gasteiger partial charge in [-0.3, -0.25) is 14.5 Å². The van der Waals surface area contributed by atoms with Crippen LogP contribution in [0.1, 0.15) is 18.4 Å². The average Bonchev–Trinajstić information content (AvgIpc) is 3.02. The highest BCUT2D eigenvalue weighted by Gasteiger charge is 2.13. The van der Waals surface area contributed by atoms with Gasteiger partial charge in [0.15, 0.2) is 5.13 Å². The van der Waals surface area contributed by atoms with Crippen molar-refractivity contribution in [3.8, 4) is 0 Å². The van der Waals surface area contributed by atoms with Crippen LogP contribution in [0, 0.1) is 0 Å². The minimum Gasteiger partial charge on any atom is -0.469 e. The Balaban J connectivity index is 1.61. The molecular formula is C17H21N3O4S. The smallest absolute Gasteiger partial charge is 0.306 e. The number of carbonyl (C=O) groups is 2. The third-order valence-electron chi connectivity index (χ3n) is 3.99. The number of nitrogens with one attached hydrogen (secondary N) is 1. The summed E-state index contributed by atoms with van der Waals surface area (Å²) in [5.74, 6) is -0.634. The van der Waals surface area contributed by atoms with E-state index in [-0.39, 0.29) is 18.7 Å². The monoisotopic (exact) mass is 363 g/mol. The molecule has 3 rings (SSSR count). The number of esters is 1. The van der Waals surface area contributed by atoms with Gasteiger partial charge in [-0.1, -0.05) is 17.4 Å². The standard InChI is InChI=1S/C17H21N3O4S/c1-23-16(22)5-4-15(21)19-17-18-13-3-2-12(10-14(13)25-17)11-20-6-8-24-9-7-20/h2-3,10H,4-9,11H2,1H3,(H,18,19,21). The van der Waals surface area contributed by atoms with Gasteiger partial charge in [-0.15, -0.1) is 0 Å². The summed E-state index contributed by atoms with van der Waals surface area (Å²) in [6.07, 6.45) is 0.155. The zero-order valence-electron chi connectivity index (χ0n) is 14.1. The molecule has 2 aromatic rings. The Kier molecular flexibility index (Phi) is 5.95. The van der Waals surface area contributed by atoms with Gasteiger partial charge in [-0.25, -0.2) is 4.98 Å². The number of amides is 1. The normalized spacial score (nSPS) is 15.2. The number of morpholine rings is 1. The van der Waals surface area contributed by atoms with Crippen LogP contribution in [-0.2, 0) is 25.6 Å². The van der Waals surface area contributed by atoms with Crippen molar-refractivity contribution in [3.63, 3.8) is 0 Å². The summed E-state index contributed by atoms with van der Waals surface area (Å²) in [6.45, 7) is 4.34. The molecule has 1 fully saturated rings. The van der Waals surface area contributed by atoms with Crippen molar-refractivity contribution in [1.29, 1.82) is 0 Å². The second-order valence-electron chi connectivity index (χ2n) is 5.83. The minimum absolute atomic E-state index is 0.0664. The number of aromatic nitrogens is 1. The largest absolute Gasteiger partial charge is 0.469 e. The van der Waals surface area contributed by atoms with Gasteiger partial charge >= 0.3 is 5.97 Å². The van der Waals surface area contributed by atoms with Crippen molar-refractivity contribution in [2.75, 3.05) is 38.7 Å². The van der Waals surface area contributed by atoms with Gasteiger partial charge in [0, 0.05) is 26.1 Å². The van der Waals surface area contributed by atoms with Crippen molar-refractivity contribution < 1.29 is 19.1 Å². The number of methoxy groups -OCH3 is 1. The van der Waals surface area contributed by atoms with Crippen LogP contribution in [-0.4, -0.2) is 55.2 Å². The van der Waals surface area contributed by atoms with Crippen LogP contribution in [0.3, 0.4) is 0 Å². The molecule has 0 radical (unpaired) electrons. The Morgan fingerprint density at radius 3 is 2.88 bits per heavy atom. The van der Waals surface area contributed by atoms with Crippen molar-refractivity contribution in [1.82, 2.24) is 9.88 Å². The van der Waals surface area contributed by atoms with Crippen LogP contribution < -0.4 is 5.32 Å². The van der Waals surface area contributed by atoms with Gasteiger partial charge in [-0.05, 0) is 17.7 Å². The second-order valence-corrected chi connectivity index (χ2v) is 6.86. The highest BCUT2D eigenvalue weighted by atomic mass is 32.1. The number of nitrogens with zero attached hydrogens (tertiary/aromatic N) is 2. The lowest BCUT2D eigenvalue weighted by atomic mass is 10.2. The lowest BCUT2D eigenvalue weighted by molar-refractivity contribution is -0.141. The first-order chi connectivity index (χ1) is 12.1. The fourth-order valence-corrected chi connectivity index (χ4v) is 3.58. The fraction of sp³-hybridized carbons (Fsp3) is 0.471. The van der Waals surface area contributed by atoms with Crippen LogP contribution in [0.4, 0.5) is 5.13 Å². The Labute approximate surface area is 149 Å². The van der Waals surface area contributed by atoms with Crippen LogP contribution >= 0.6 is 11.3 Å². The lowest BCUT2D eigenvalue weighted by Gasteiger charge is -2.26. The molecule has 1 aliphatic heterocycles. The molecule has 0 unspecified atom stereocenters. The van der Waals surface area contributed by atoms with Crippen LogP contribution in [0.15, 0.2) is 18.2 Å². The molecule has 1 amide bonds. The Hall–Kier alpha value is -2.03. The third kappa shape index (κ3) is 4.97. The van der Waals surface area contributed by atoms with E-state index in [0.717, 1.165) is 43.1 Å².